The average molecular weight is 270 g/mol. The van der Waals surface area contributed by atoms with Crippen molar-refractivity contribution in [3.63, 3.8) is 0 Å². The first-order chi connectivity index (χ1) is 10.2. The number of allylic oxidation sites excluding steroid dienone is 5. The number of rotatable bonds is 2. The van der Waals surface area contributed by atoms with Gasteiger partial charge >= 0.3 is 0 Å². The Kier molecular flexibility index (Phi) is 3.73. The molecule has 0 unspecified atom stereocenters. The first-order valence-electron chi connectivity index (χ1n) is 7.21. The highest BCUT2D eigenvalue weighted by Gasteiger charge is 2.03. The standard InChI is InChI=1S/C21H18/c1-16-10-12-18(13-11-16)20-8-5-9-21(15-20)19-7-4-3-6-17(2)14-19/h4-15H,1-2H3. The molecule has 0 saturated carbocycles. The first kappa shape index (κ1) is 13.4. The summed E-state index contributed by atoms with van der Waals surface area (Å²) in [5, 5.41) is 0. The third-order valence-electron chi connectivity index (χ3n) is 3.63. The Bertz CT molecular complexity index is 777. The van der Waals surface area contributed by atoms with E-state index < -0.39 is 0 Å². The number of benzene rings is 2. The number of aryl methyl sites for hydroxylation is 1. The quantitative estimate of drug-likeness (QED) is 0.612. The van der Waals surface area contributed by atoms with E-state index in [2.05, 4.69) is 80.3 Å². The zero-order valence-corrected chi connectivity index (χ0v) is 12.4. The molecule has 0 amide bonds. The Hall–Kier alpha value is -2.56. The van der Waals surface area contributed by atoms with Gasteiger partial charge in [0.15, 0.2) is 0 Å². The fraction of sp³-hybridized carbons (Fsp3) is 0.0952. The van der Waals surface area contributed by atoms with Crippen LogP contribution in [0.1, 0.15) is 18.1 Å². The normalized spacial score (nSPS) is 13.6. The van der Waals surface area contributed by atoms with Gasteiger partial charge in [-0.2, -0.15) is 0 Å². The smallest absolute Gasteiger partial charge is 0.0170 e. The van der Waals surface area contributed by atoms with Gasteiger partial charge in [0, 0.05) is 0 Å². The molecule has 0 nitrogen and oxygen atoms in total. The van der Waals surface area contributed by atoms with Crippen LogP contribution in [0.3, 0.4) is 0 Å². The highest BCUT2D eigenvalue weighted by atomic mass is 14.1. The van der Waals surface area contributed by atoms with Crippen molar-refractivity contribution in [1.82, 2.24) is 0 Å². The molecule has 0 radical (unpaired) electrons. The van der Waals surface area contributed by atoms with Crippen molar-refractivity contribution in [1.29, 1.82) is 0 Å². The van der Waals surface area contributed by atoms with E-state index in [1.807, 2.05) is 12.2 Å². The molecule has 0 bridgehead atoms. The SMILES string of the molecule is CC1=CC(c2cccc(-c3ccc(C)cc3)c2)=CC=C=C1. The highest BCUT2D eigenvalue weighted by Crippen LogP contribution is 2.26. The third-order valence-corrected chi connectivity index (χ3v) is 3.63. The van der Waals surface area contributed by atoms with Gasteiger partial charge in [-0.1, -0.05) is 54.1 Å². The lowest BCUT2D eigenvalue weighted by atomic mass is 9.97. The molecule has 0 aliphatic heterocycles. The van der Waals surface area contributed by atoms with Gasteiger partial charge in [0.2, 0.25) is 0 Å². The summed E-state index contributed by atoms with van der Waals surface area (Å²) < 4.78 is 0. The van der Waals surface area contributed by atoms with Crippen LogP contribution in [0.2, 0.25) is 0 Å². The lowest BCUT2D eigenvalue weighted by Gasteiger charge is -2.07. The van der Waals surface area contributed by atoms with Crippen LogP contribution >= 0.6 is 0 Å². The van der Waals surface area contributed by atoms with E-state index in [1.165, 1.54) is 33.4 Å². The molecular weight excluding hydrogens is 252 g/mol. The second kappa shape index (κ2) is 5.83. The molecule has 21 heavy (non-hydrogen) atoms. The Morgan fingerprint density at radius 2 is 1.57 bits per heavy atom. The Labute approximate surface area is 126 Å². The summed E-state index contributed by atoms with van der Waals surface area (Å²) in [6, 6.07) is 17.4. The maximum Gasteiger partial charge on any atom is -0.0170 e. The first-order valence-corrected chi connectivity index (χ1v) is 7.21. The lowest BCUT2D eigenvalue weighted by molar-refractivity contribution is 1.46. The van der Waals surface area contributed by atoms with Crippen molar-refractivity contribution in [3.05, 3.63) is 95.3 Å². The molecule has 2 aromatic carbocycles. The van der Waals surface area contributed by atoms with Crippen molar-refractivity contribution in [2.75, 3.05) is 0 Å². The summed E-state index contributed by atoms with van der Waals surface area (Å²) in [6.07, 6.45) is 8.29. The Balaban J connectivity index is 2.01. The molecule has 3 rings (SSSR count). The monoisotopic (exact) mass is 270 g/mol. The van der Waals surface area contributed by atoms with Crippen LogP contribution in [0, 0.1) is 6.92 Å². The molecule has 2 aromatic rings. The fourth-order valence-corrected chi connectivity index (χ4v) is 2.46. The minimum absolute atomic E-state index is 1.22. The molecule has 1 aliphatic rings. The Morgan fingerprint density at radius 1 is 0.810 bits per heavy atom. The van der Waals surface area contributed by atoms with Crippen molar-refractivity contribution in [3.8, 4) is 11.1 Å². The van der Waals surface area contributed by atoms with E-state index in [1.54, 1.807) is 0 Å². The second-order valence-corrected chi connectivity index (χ2v) is 5.43. The van der Waals surface area contributed by atoms with E-state index in [9.17, 15) is 0 Å². The number of hydrogen-bond donors (Lipinski definition) is 0. The molecular formula is C21H18. The summed E-state index contributed by atoms with van der Waals surface area (Å²) in [7, 11) is 0. The topological polar surface area (TPSA) is 0 Å². The molecule has 0 heteroatoms. The summed E-state index contributed by atoms with van der Waals surface area (Å²) >= 11 is 0. The van der Waals surface area contributed by atoms with E-state index >= 15 is 0 Å². The average Bonchev–Trinajstić information content (AvgIpc) is 2.73. The van der Waals surface area contributed by atoms with E-state index in [4.69, 9.17) is 0 Å². The minimum atomic E-state index is 1.22. The zero-order valence-electron chi connectivity index (χ0n) is 12.4. The lowest BCUT2D eigenvalue weighted by Crippen LogP contribution is -1.85. The van der Waals surface area contributed by atoms with Gasteiger partial charge in [-0.3, -0.25) is 0 Å². The minimum Gasteiger partial charge on any atom is -0.121 e. The van der Waals surface area contributed by atoms with Crippen LogP contribution in [-0.4, -0.2) is 0 Å². The summed E-state index contributed by atoms with van der Waals surface area (Å²) in [5.41, 5.74) is 10.6. The molecule has 0 N–H and O–H groups in total. The summed E-state index contributed by atoms with van der Waals surface area (Å²) in [4.78, 5) is 0. The summed E-state index contributed by atoms with van der Waals surface area (Å²) in [5.74, 6) is 0. The summed E-state index contributed by atoms with van der Waals surface area (Å²) in [6.45, 7) is 4.22. The Morgan fingerprint density at radius 3 is 2.38 bits per heavy atom. The molecule has 1 aliphatic carbocycles. The molecule has 0 saturated heterocycles. The van der Waals surface area contributed by atoms with Crippen LogP contribution in [-0.2, 0) is 0 Å². The van der Waals surface area contributed by atoms with Gasteiger partial charge in [0.05, 0.1) is 0 Å². The predicted octanol–water partition coefficient (Wildman–Crippen LogP) is 5.72. The van der Waals surface area contributed by atoms with E-state index in [0.717, 1.165) is 0 Å². The molecule has 102 valence electrons. The molecule has 0 aromatic heterocycles. The van der Waals surface area contributed by atoms with Crippen molar-refractivity contribution < 1.29 is 0 Å². The van der Waals surface area contributed by atoms with Gasteiger partial charge < -0.3 is 0 Å². The van der Waals surface area contributed by atoms with Crippen LogP contribution in [0.5, 0.6) is 0 Å². The van der Waals surface area contributed by atoms with Crippen LogP contribution in [0.25, 0.3) is 16.7 Å². The molecule has 0 fully saturated rings. The van der Waals surface area contributed by atoms with Gasteiger partial charge in [-0.15, -0.1) is 5.73 Å². The van der Waals surface area contributed by atoms with Crippen molar-refractivity contribution >= 4 is 5.57 Å². The third kappa shape index (κ3) is 3.13. The maximum absolute atomic E-state index is 3.15. The van der Waals surface area contributed by atoms with Gasteiger partial charge in [-0.25, -0.2) is 0 Å². The highest BCUT2D eigenvalue weighted by molar-refractivity contribution is 5.80. The predicted molar refractivity (Wildman–Crippen MR) is 91.0 cm³/mol. The zero-order chi connectivity index (χ0) is 14.7. The second-order valence-electron chi connectivity index (χ2n) is 5.43. The van der Waals surface area contributed by atoms with Gasteiger partial charge in [0.25, 0.3) is 0 Å². The molecule has 0 atom stereocenters. The van der Waals surface area contributed by atoms with Gasteiger partial charge in [0.1, 0.15) is 0 Å². The van der Waals surface area contributed by atoms with Crippen molar-refractivity contribution in [2.45, 2.75) is 13.8 Å². The molecule has 0 spiro atoms. The van der Waals surface area contributed by atoms with Crippen LogP contribution in [0.4, 0.5) is 0 Å². The maximum atomic E-state index is 3.15. The van der Waals surface area contributed by atoms with Crippen LogP contribution < -0.4 is 0 Å². The largest absolute Gasteiger partial charge is 0.121 e. The number of hydrogen-bond acceptors (Lipinski definition) is 0. The van der Waals surface area contributed by atoms with E-state index in [0.29, 0.717) is 0 Å². The molecule has 0 heterocycles. The van der Waals surface area contributed by atoms with Crippen molar-refractivity contribution in [2.24, 2.45) is 0 Å². The van der Waals surface area contributed by atoms with Crippen LogP contribution in [0.15, 0.2) is 84.1 Å². The van der Waals surface area contributed by atoms with E-state index in [-0.39, 0.29) is 0 Å². The fourth-order valence-electron chi connectivity index (χ4n) is 2.46. The van der Waals surface area contributed by atoms with Gasteiger partial charge in [-0.05, 0) is 66.0 Å².